The average Bonchev–Trinajstić information content (AvgIpc) is 2.15. The predicted molar refractivity (Wildman–Crippen MR) is 47.7 cm³/mol. The molecule has 82 valence electrons. The molecule has 0 bridgehead atoms. The summed E-state index contributed by atoms with van der Waals surface area (Å²) in [6, 6.07) is 3.94. The van der Waals surface area contributed by atoms with Crippen molar-refractivity contribution in [2.24, 2.45) is 0 Å². The third-order valence-electron chi connectivity index (χ3n) is 1.68. The van der Waals surface area contributed by atoms with Gasteiger partial charge in [0.05, 0.1) is 4.92 Å². The van der Waals surface area contributed by atoms with Gasteiger partial charge < -0.3 is 0 Å². The molecule has 15 heavy (non-hydrogen) atoms. The average molecular weight is 240 g/mol. The first-order valence-corrected chi connectivity index (χ1v) is 4.21. The predicted octanol–water partition coefficient (Wildman–Crippen LogP) is 3.44. The highest BCUT2D eigenvalue weighted by molar-refractivity contribution is 6.21. The molecule has 3 nitrogen and oxygen atoms in total. The van der Waals surface area contributed by atoms with E-state index >= 15 is 0 Å². The fourth-order valence-electron chi connectivity index (χ4n) is 0.954. The van der Waals surface area contributed by atoms with Crippen LogP contribution in [-0.2, 0) is 0 Å². The molecule has 0 aliphatic heterocycles. The molecule has 0 heterocycles. The van der Waals surface area contributed by atoms with Crippen LogP contribution in [0, 0.1) is 10.1 Å². The Morgan fingerprint density at radius 3 is 2.07 bits per heavy atom. The lowest BCUT2D eigenvalue weighted by molar-refractivity contribution is -0.384. The summed E-state index contributed by atoms with van der Waals surface area (Å²) in [4.78, 5) is 9.54. The largest absolute Gasteiger partial charge is 0.408 e. The Morgan fingerprint density at radius 1 is 1.27 bits per heavy atom. The van der Waals surface area contributed by atoms with Gasteiger partial charge in [0.1, 0.15) is 0 Å². The number of hydrogen-bond acceptors (Lipinski definition) is 2. The number of nitro groups is 1. The lowest BCUT2D eigenvalue weighted by atomic mass is 10.1. The molecule has 0 aromatic heterocycles. The van der Waals surface area contributed by atoms with Crippen LogP contribution in [0.3, 0.4) is 0 Å². The second-order valence-electron chi connectivity index (χ2n) is 2.75. The molecule has 0 N–H and O–H groups in total. The van der Waals surface area contributed by atoms with Crippen LogP contribution in [0.15, 0.2) is 24.3 Å². The molecule has 0 saturated heterocycles. The van der Waals surface area contributed by atoms with Gasteiger partial charge in [-0.2, -0.15) is 13.2 Å². The van der Waals surface area contributed by atoms with Crippen molar-refractivity contribution in [3.8, 4) is 0 Å². The van der Waals surface area contributed by atoms with E-state index in [1.165, 1.54) is 0 Å². The van der Waals surface area contributed by atoms with Gasteiger partial charge in [-0.3, -0.25) is 10.1 Å². The number of non-ortho nitro benzene ring substituents is 1. The maximum atomic E-state index is 12.1. The summed E-state index contributed by atoms with van der Waals surface area (Å²) in [5.74, 6) is 0. The third kappa shape index (κ3) is 2.82. The number of nitrogens with zero attached hydrogens (tertiary/aromatic N) is 1. The van der Waals surface area contributed by atoms with Gasteiger partial charge in [-0.25, -0.2) is 0 Å². The normalized spacial score (nSPS) is 13.6. The van der Waals surface area contributed by atoms with E-state index in [4.69, 9.17) is 11.6 Å². The monoisotopic (exact) mass is 239 g/mol. The van der Waals surface area contributed by atoms with Crippen LogP contribution in [0.4, 0.5) is 18.9 Å². The summed E-state index contributed by atoms with van der Waals surface area (Å²) in [7, 11) is 0. The van der Waals surface area contributed by atoms with Gasteiger partial charge in [0, 0.05) is 12.1 Å². The van der Waals surface area contributed by atoms with Crippen LogP contribution in [0.2, 0.25) is 0 Å². The van der Waals surface area contributed by atoms with E-state index in [9.17, 15) is 23.3 Å². The van der Waals surface area contributed by atoms with Crippen molar-refractivity contribution in [3.63, 3.8) is 0 Å². The third-order valence-corrected chi connectivity index (χ3v) is 2.18. The van der Waals surface area contributed by atoms with Crippen molar-refractivity contribution in [2.45, 2.75) is 11.6 Å². The minimum atomic E-state index is -4.56. The summed E-state index contributed by atoms with van der Waals surface area (Å²) in [6.45, 7) is 0. The lowest BCUT2D eigenvalue weighted by Crippen LogP contribution is -2.15. The van der Waals surface area contributed by atoms with Crippen molar-refractivity contribution in [3.05, 3.63) is 39.9 Å². The van der Waals surface area contributed by atoms with Crippen molar-refractivity contribution in [2.75, 3.05) is 0 Å². The highest BCUT2D eigenvalue weighted by atomic mass is 35.5. The minimum absolute atomic E-state index is 0.213. The highest BCUT2D eigenvalue weighted by Crippen LogP contribution is 2.38. The molecule has 1 aromatic rings. The molecule has 0 saturated carbocycles. The molecular weight excluding hydrogens is 235 g/mol. The van der Waals surface area contributed by atoms with Crippen LogP contribution in [0.1, 0.15) is 10.9 Å². The quantitative estimate of drug-likeness (QED) is 0.451. The van der Waals surface area contributed by atoms with Crippen molar-refractivity contribution in [1.29, 1.82) is 0 Å². The number of alkyl halides is 4. The second kappa shape index (κ2) is 4.06. The van der Waals surface area contributed by atoms with E-state index in [1.54, 1.807) is 0 Å². The Morgan fingerprint density at radius 2 is 1.73 bits per heavy atom. The van der Waals surface area contributed by atoms with E-state index in [1.807, 2.05) is 0 Å². The molecule has 0 radical (unpaired) electrons. The Kier molecular flexibility index (Phi) is 3.18. The maximum absolute atomic E-state index is 12.1. The SMILES string of the molecule is O=[N+]([O-])c1ccc(C(Cl)C(F)(F)F)cc1. The van der Waals surface area contributed by atoms with E-state index in [0.29, 0.717) is 0 Å². The van der Waals surface area contributed by atoms with Crippen LogP contribution in [-0.4, -0.2) is 11.1 Å². The lowest BCUT2D eigenvalue weighted by Gasteiger charge is -2.13. The molecule has 1 aromatic carbocycles. The molecular formula is C8H5ClF3NO2. The first-order chi connectivity index (χ1) is 6.82. The van der Waals surface area contributed by atoms with Gasteiger partial charge >= 0.3 is 6.18 Å². The second-order valence-corrected chi connectivity index (χ2v) is 3.19. The van der Waals surface area contributed by atoms with E-state index < -0.39 is 16.5 Å². The fourth-order valence-corrected chi connectivity index (χ4v) is 1.10. The summed E-state index contributed by atoms with van der Waals surface area (Å²) < 4.78 is 36.4. The summed E-state index contributed by atoms with van der Waals surface area (Å²) in [5.41, 5.74) is -0.487. The van der Waals surface area contributed by atoms with Gasteiger partial charge in [0.15, 0.2) is 5.38 Å². The molecule has 0 aliphatic rings. The number of rotatable bonds is 2. The summed E-state index contributed by atoms with van der Waals surface area (Å²) in [5, 5.41) is 8.09. The van der Waals surface area contributed by atoms with Gasteiger partial charge in [-0.05, 0) is 5.56 Å². The molecule has 1 unspecified atom stereocenters. The number of benzene rings is 1. The molecule has 0 fully saturated rings. The van der Waals surface area contributed by atoms with Gasteiger partial charge in [0.25, 0.3) is 5.69 Å². The number of halogens is 4. The van der Waals surface area contributed by atoms with Crippen LogP contribution in [0.5, 0.6) is 0 Å². The van der Waals surface area contributed by atoms with Gasteiger partial charge in [-0.15, -0.1) is 11.6 Å². The van der Waals surface area contributed by atoms with E-state index in [2.05, 4.69) is 0 Å². The Bertz CT molecular complexity index is 363. The van der Waals surface area contributed by atoms with Crippen molar-refractivity contribution in [1.82, 2.24) is 0 Å². The highest BCUT2D eigenvalue weighted by Gasteiger charge is 2.39. The maximum Gasteiger partial charge on any atom is 0.408 e. The van der Waals surface area contributed by atoms with E-state index in [-0.39, 0.29) is 11.3 Å². The van der Waals surface area contributed by atoms with Crippen LogP contribution in [0.25, 0.3) is 0 Å². The Hall–Kier alpha value is -1.30. The number of hydrogen-bond donors (Lipinski definition) is 0. The molecule has 0 amide bonds. The zero-order chi connectivity index (χ0) is 11.6. The first kappa shape index (κ1) is 11.8. The molecule has 7 heteroatoms. The molecule has 0 spiro atoms. The van der Waals surface area contributed by atoms with E-state index in [0.717, 1.165) is 24.3 Å². The summed E-state index contributed by atoms with van der Waals surface area (Å²) >= 11 is 5.12. The topological polar surface area (TPSA) is 43.1 Å². The Balaban J connectivity index is 2.94. The Labute approximate surface area is 87.6 Å². The standard InChI is InChI=1S/C8H5ClF3NO2/c9-7(8(10,11)12)5-1-3-6(4-2-5)13(14)15/h1-4,7H. The zero-order valence-electron chi connectivity index (χ0n) is 7.16. The van der Waals surface area contributed by atoms with Gasteiger partial charge in [-0.1, -0.05) is 12.1 Å². The summed E-state index contributed by atoms with van der Waals surface area (Å²) in [6.07, 6.45) is -4.56. The first-order valence-electron chi connectivity index (χ1n) is 3.77. The minimum Gasteiger partial charge on any atom is -0.258 e. The van der Waals surface area contributed by atoms with Crippen molar-refractivity contribution >= 4 is 17.3 Å². The fraction of sp³-hybridized carbons (Fsp3) is 0.250. The smallest absolute Gasteiger partial charge is 0.258 e. The molecule has 1 atom stereocenters. The molecule has 1 rings (SSSR count). The number of nitro benzene ring substituents is 1. The van der Waals surface area contributed by atoms with Crippen LogP contribution < -0.4 is 0 Å². The van der Waals surface area contributed by atoms with Crippen LogP contribution >= 0.6 is 11.6 Å². The van der Waals surface area contributed by atoms with Crippen molar-refractivity contribution < 1.29 is 18.1 Å². The molecule has 0 aliphatic carbocycles. The zero-order valence-corrected chi connectivity index (χ0v) is 7.92. The van der Waals surface area contributed by atoms with Gasteiger partial charge in [0.2, 0.25) is 0 Å².